The molecule has 3 rings (SSSR count). The van der Waals surface area contributed by atoms with Crippen molar-refractivity contribution in [3.8, 4) is 0 Å². The summed E-state index contributed by atoms with van der Waals surface area (Å²) in [6.45, 7) is 7.21. The molecule has 0 saturated carbocycles. The van der Waals surface area contributed by atoms with Gasteiger partial charge in [-0.2, -0.15) is 0 Å². The molecule has 0 unspecified atom stereocenters. The third kappa shape index (κ3) is 5.05. The van der Waals surface area contributed by atoms with Gasteiger partial charge in [0.05, 0.1) is 5.92 Å². The van der Waals surface area contributed by atoms with E-state index in [-0.39, 0.29) is 17.7 Å². The van der Waals surface area contributed by atoms with Crippen molar-refractivity contribution >= 4 is 11.8 Å². The monoisotopic (exact) mass is 343 g/mol. The van der Waals surface area contributed by atoms with Gasteiger partial charge in [0.25, 0.3) is 0 Å². The van der Waals surface area contributed by atoms with Crippen LogP contribution in [-0.4, -0.2) is 60.9 Å². The van der Waals surface area contributed by atoms with E-state index in [0.29, 0.717) is 26.1 Å². The lowest BCUT2D eigenvalue weighted by Gasteiger charge is -2.18. The van der Waals surface area contributed by atoms with Gasteiger partial charge < -0.3 is 15.1 Å². The van der Waals surface area contributed by atoms with Gasteiger partial charge in [0.1, 0.15) is 0 Å². The van der Waals surface area contributed by atoms with Crippen LogP contribution in [0, 0.1) is 12.8 Å². The number of hydrogen-bond donors (Lipinski definition) is 1. The summed E-state index contributed by atoms with van der Waals surface area (Å²) in [6, 6.07) is 8.41. The van der Waals surface area contributed by atoms with E-state index in [1.807, 2.05) is 4.90 Å². The topological polar surface area (TPSA) is 52.7 Å². The molecule has 1 aromatic carbocycles. The highest BCUT2D eigenvalue weighted by Crippen LogP contribution is 2.18. The largest absolute Gasteiger partial charge is 0.355 e. The number of benzene rings is 1. The quantitative estimate of drug-likeness (QED) is 0.818. The Hall–Kier alpha value is -1.88. The number of nitrogens with zero attached hydrogens (tertiary/aromatic N) is 2. The first-order valence-corrected chi connectivity index (χ1v) is 9.45. The van der Waals surface area contributed by atoms with E-state index < -0.39 is 0 Å². The number of carbonyl (C=O) groups excluding carboxylic acids is 2. The van der Waals surface area contributed by atoms with Crippen molar-refractivity contribution in [3.05, 3.63) is 35.4 Å². The number of aryl methyl sites for hydroxylation is 1. The molecule has 0 aromatic heterocycles. The molecule has 0 bridgehead atoms. The second-order valence-corrected chi connectivity index (χ2v) is 7.32. The predicted molar refractivity (Wildman–Crippen MR) is 98.3 cm³/mol. The van der Waals surface area contributed by atoms with Gasteiger partial charge >= 0.3 is 0 Å². The minimum atomic E-state index is -0.191. The van der Waals surface area contributed by atoms with E-state index in [1.165, 1.54) is 24.0 Å². The van der Waals surface area contributed by atoms with E-state index in [0.717, 1.165) is 26.1 Å². The zero-order valence-electron chi connectivity index (χ0n) is 15.2. The summed E-state index contributed by atoms with van der Waals surface area (Å²) in [5, 5.41) is 3.01. The SMILES string of the molecule is Cc1ccc(CCN2C[C@H](C(=O)NCCN3CCCC3)CC2=O)cc1. The molecule has 0 spiro atoms. The third-order valence-corrected chi connectivity index (χ3v) is 5.30. The lowest BCUT2D eigenvalue weighted by atomic mass is 10.1. The first-order valence-electron chi connectivity index (χ1n) is 9.45. The van der Waals surface area contributed by atoms with Crippen LogP contribution >= 0.6 is 0 Å². The van der Waals surface area contributed by atoms with Crippen LogP contribution in [0.5, 0.6) is 0 Å². The third-order valence-electron chi connectivity index (χ3n) is 5.30. The van der Waals surface area contributed by atoms with Crippen molar-refractivity contribution in [2.45, 2.75) is 32.6 Å². The molecule has 2 fully saturated rings. The average molecular weight is 343 g/mol. The first-order chi connectivity index (χ1) is 12.1. The molecule has 0 aliphatic carbocycles. The molecule has 0 radical (unpaired) electrons. The minimum absolute atomic E-state index is 0.0328. The second kappa shape index (κ2) is 8.48. The van der Waals surface area contributed by atoms with E-state index in [4.69, 9.17) is 0 Å². The fourth-order valence-corrected chi connectivity index (χ4v) is 3.67. The smallest absolute Gasteiger partial charge is 0.225 e. The van der Waals surface area contributed by atoms with Gasteiger partial charge in [-0.05, 0) is 44.8 Å². The van der Waals surface area contributed by atoms with Crippen molar-refractivity contribution in [2.75, 3.05) is 39.3 Å². The van der Waals surface area contributed by atoms with Crippen molar-refractivity contribution in [3.63, 3.8) is 0 Å². The molecule has 25 heavy (non-hydrogen) atoms. The van der Waals surface area contributed by atoms with Crippen LogP contribution in [-0.2, 0) is 16.0 Å². The zero-order chi connectivity index (χ0) is 17.6. The normalized spacial score (nSPS) is 21.1. The van der Waals surface area contributed by atoms with Crippen LogP contribution in [0.25, 0.3) is 0 Å². The number of amides is 2. The average Bonchev–Trinajstić information content (AvgIpc) is 3.24. The minimum Gasteiger partial charge on any atom is -0.355 e. The van der Waals surface area contributed by atoms with E-state index in [1.54, 1.807) is 0 Å². The maximum atomic E-state index is 12.3. The molecule has 2 aliphatic heterocycles. The predicted octanol–water partition coefficient (Wildman–Crippen LogP) is 1.60. The number of rotatable bonds is 7. The highest BCUT2D eigenvalue weighted by Gasteiger charge is 2.33. The number of carbonyl (C=O) groups is 2. The highest BCUT2D eigenvalue weighted by atomic mass is 16.2. The molecular formula is C20H29N3O2. The Balaban J connectivity index is 1.40. The molecule has 1 N–H and O–H groups in total. The molecule has 2 saturated heterocycles. The van der Waals surface area contributed by atoms with Crippen molar-refractivity contribution < 1.29 is 9.59 Å². The molecule has 5 nitrogen and oxygen atoms in total. The molecule has 1 aromatic rings. The van der Waals surface area contributed by atoms with Crippen molar-refractivity contribution in [1.29, 1.82) is 0 Å². The summed E-state index contributed by atoms with van der Waals surface area (Å²) in [5.74, 6) is -0.0544. The van der Waals surface area contributed by atoms with Gasteiger partial charge in [-0.3, -0.25) is 9.59 Å². The van der Waals surface area contributed by atoms with Gasteiger partial charge in [0.15, 0.2) is 0 Å². The Kier molecular flexibility index (Phi) is 6.08. The van der Waals surface area contributed by atoms with Crippen LogP contribution in [0.4, 0.5) is 0 Å². The fourth-order valence-electron chi connectivity index (χ4n) is 3.67. The summed E-state index contributed by atoms with van der Waals surface area (Å²) >= 11 is 0. The maximum absolute atomic E-state index is 12.3. The summed E-state index contributed by atoms with van der Waals surface area (Å²) in [4.78, 5) is 28.7. The molecule has 5 heteroatoms. The number of likely N-dealkylation sites (tertiary alicyclic amines) is 2. The Labute approximate surface area is 150 Å². The van der Waals surface area contributed by atoms with Gasteiger partial charge in [0, 0.05) is 32.6 Å². The lowest BCUT2D eigenvalue weighted by Crippen LogP contribution is -2.38. The van der Waals surface area contributed by atoms with E-state index >= 15 is 0 Å². The molecule has 2 aliphatic rings. The summed E-state index contributed by atoms with van der Waals surface area (Å²) < 4.78 is 0. The Morgan fingerprint density at radius 3 is 2.60 bits per heavy atom. The zero-order valence-corrected chi connectivity index (χ0v) is 15.2. The summed E-state index contributed by atoms with van der Waals surface area (Å²) in [7, 11) is 0. The Morgan fingerprint density at radius 2 is 1.88 bits per heavy atom. The molecule has 1 atom stereocenters. The van der Waals surface area contributed by atoms with Crippen LogP contribution in [0.15, 0.2) is 24.3 Å². The summed E-state index contributed by atoms with van der Waals surface area (Å²) in [5.41, 5.74) is 2.48. The van der Waals surface area contributed by atoms with Crippen LogP contribution in [0.3, 0.4) is 0 Å². The Morgan fingerprint density at radius 1 is 1.16 bits per heavy atom. The highest BCUT2D eigenvalue weighted by molar-refractivity contribution is 5.89. The summed E-state index contributed by atoms with van der Waals surface area (Å²) in [6.07, 6.45) is 3.72. The van der Waals surface area contributed by atoms with Gasteiger partial charge in [-0.25, -0.2) is 0 Å². The van der Waals surface area contributed by atoms with E-state index in [9.17, 15) is 9.59 Å². The fraction of sp³-hybridized carbons (Fsp3) is 0.600. The lowest BCUT2D eigenvalue weighted by molar-refractivity contribution is -0.129. The van der Waals surface area contributed by atoms with E-state index in [2.05, 4.69) is 41.4 Å². The number of nitrogens with one attached hydrogen (secondary N) is 1. The standard InChI is InChI=1S/C20H29N3O2/c1-16-4-6-17(7-5-16)8-12-23-15-18(14-19(23)24)20(25)21-9-13-22-10-2-3-11-22/h4-7,18H,2-3,8-15H2,1H3,(H,21,25)/t18-/m1/s1. The maximum Gasteiger partial charge on any atom is 0.225 e. The molecule has 2 heterocycles. The van der Waals surface area contributed by atoms with Crippen LogP contribution in [0.2, 0.25) is 0 Å². The van der Waals surface area contributed by atoms with Gasteiger partial charge in [-0.15, -0.1) is 0 Å². The van der Waals surface area contributed by atoms with Crippen molar-refractivity contribution in [1.82, 2.24) is 15.1 Å². The van der Waals surface area contributed by atoms with Gasteiger partial charge in [0.2, 0.25) is 11.8 Å². The van der Waals surface area contributed by atoms with Crippen molar-refractivity contribution in [2.24, 2.45) is 5.92 Å². The molecular weight excluding hydrogens is 314 g/mol. The number of hydrogen-bond acceptors (Lipinski definition) is 3. The Bertz CT molecular complexity index is 593. The van der Waals surface area contributed by atoms with Gasteiger partial charge in [-0.1, -0.05) is 29.8 Å². The second-order valence-electron chi connectivity index (χ2n) is 7.32. The van der Waals surface area contributed by atoms with Crippen LogP contribution in [0.1, 0.15) is 30.4 Å². The van der Waals surface area contributed by atoms with Crippen LogP contribution < -0.4 is 5.32 Å². The first kappa shape index (κ1) is 17.9. The molecule has 2 amide bonds. The molecule has 136 valence electrons.